The minimum Gasteiger partial charge on any atom is -0.391 e. The van der Waals surface area contributed by atoms with Crippen molar-refractivity contribution in [2.24, 2.45) is 7.05 Å². The first kappa shape index (κ1) is 12.2. The third-order valence-electron chi connectivity index (χ3n) is 2.37. The highest BCUT2D eigenvalue weighted by atomic mass is 16.5. The molecule has 1 rings (SSSR count). The minimum atomic E-state index is -0.365. The molecule has 86 valence electrons. The van der Waals surface area contributed by atoms with Gasteiger partial charge in [-0.1, -0.05) is 0 Å². The summed E-state index contributed by atoms with van der Waals surface area (Å²) in [5.74, 6) is 0. The number of hydrogen-bond donors (Lipinski definition) is 2. The minimum absolute atomic E-state index is 0.365. The van der Waals surface area contributed by atoms with E-state index in [2.05, 4.69) is 16.0 Å². The highest BCUT2D eigenvalue weighted by molar-refractivity contribution is 5.05. The average Bonchev–Trinajstić information content (AvgIpc) is 2.60. The average molecular weight is 212 g/mol. The molecule has 2 N–H and O–H groups in total. The van der Waals surface area contributed by atoms with Gasteiger partial charge in [-0.25, -0.2) is 0 Å². The number of aromatic nitrogens is 1. The first-order valence-electron chi connectivity index (χ1n) is 5.22. The Labute approximate surface area is 90.9 Å². The van der Waals surface area contributed by atoms with Gasteiger partial charge in [0.2, 0.25) is 0 Å². The van der Waals surface area contributed by atoms with Crippen LogP contribution in [0.25, 0.3) is 0 Å². The molecule has 0 saturated heterocycles. The van der Waals surface area contributed by atoms with Crippen molar-refractivity contribution in [1.82, 2.24) is 9.88 Å². The second-order valence-corrected chi connectivity index (χ2v) is 3.69. The van der Waals surface area contributed by atoms with E-state index >= 15 is 0 Å². The van der Waals surface area contributed by atoms with Crippen molar-refractivity contribution in [3.63, 3.8) is 0 Å². The summed E-state index contributed by atoms with van der Waals surface area (Å²) in [6.07, 6.45) is 2.38. The van der Waals surface area contributed by atoms with Crippen molar-refractivity contribution in [3.05, 3.63) is 24.0 Å². The van der Waals surface area contributed by atoms with Gasteiger partial charge < -0.3 is 19.7 Å². The summed E-state index contributed by atoms with van der Waals surface area (Å²) < 4.78 is 6.93. The zero-order valence-electron chi connectivity index (χ0n) is 9.44. The smallest absolute Gasteiger partial charge is 0.0785 e. The number of nitrogens with one attached hydrogen (secondary N) is 1. The van der Waals surface area contributed by atoms with Crippen molar-refractivity contribution in [2.45, 2.75) is 19.1 Å². The van der Waals surface area contributed by atoms with E-state index < -0.39 is 0 Å². The Balaban J connectivity index is 2.09. The van der Waals surface area contributed by atoms with Crippen molar-refractivity contribution in [3.8, 4) is 0 Å². The molecule has 1 aromatic heterocycles. The number of methoxy groups -OCH3 is 1. The van der Waals surface area contributed by atoms with Crippen molar-refractivity contribution in [1.29, 1.82) is 0 Å². The van der Waals surface area contributed by atoms with Gasteiger partial charge in [0, 0.05) is 32.6 Å². The van der Waals surface area contributed by atoms with Crippen LogP contribution in [0.15, 0.2) is 18.3 Å². The highest BCUT2D eigenvalue weighted by Crippen LogP contribution is 1.98. The Hall–Kier alpha value is -0.840. The second-order valence-electron chi connectivity index (χ2n) is 3.69. The Morgan fingerprint density at radius 2 is 2.40 bits per heavy atom. The molecule has 4 nitrogen and oxygen atoms in total. The lowest BCUT2D eigenvalue weighted by molar-refractivity contribution is 0.0594. The maximum Gasteiger partial charge on any atom is 0.0785 e. The first-order valence-corrected chi connectivity index (χ1v) is 5.22. The summed E-state index contributed by atoms with van der Waals surface area (Å²) in [5, 5.41) is 12.7. The van der Waals surface area contributed by atoms with Crippen LogP contribution in [0.1, 0.15) is 12.1 Å². The van der Waals surface area contributed by atoms with Crippen LogP contribution in [0.3, 0.4) is 0 Å². The molecule has 15 heavy (non-hydrogen) atoms. The number of aliphatic hydroxyl groups is 1. The van der Waals surface area contributed by atoms with Crippen molar-refractivity contribution < 1.29 is 9.84 Å². The lowest BCUT2D eigenvalue weighted by atomic mass is 10.2. The summed E-state index contributed by atoms with van der Waals surface area (Å²) in [4.78, 5) is 0. The zero-order chi connectivity index (χ0) is 11.1. The van der Waals surface area contributed by atoms with Gasteiger partial charge in [0.1, 0.15) is 0 Å². The van der Waals surface area contributed by atoms with Gasteiger partial charge in [-0.05, 0) is 25.1 Å². The number of ether oxygens (including phenoxy) is 1. The molecule has 0 saturated carbocycles. The lowest BCUT2D eigenvalue weighted by Gasteiger charge is -2.10. The SMILES string of the molecule is COCC(O)CCNCc1cccn1C. The normalized spacial score (nSPS) is 13.0. The van der Waals surface area contributed by atoms with Crippen LogP contribution in [0.5, 0.6) is 0 Å². The fraction of sp³-hybridized carbons (Fsp3) is 0.636. The van der Waals surface area contributed by atoms with Crippen molar-refractivity contribution in [2.75, 3.05) is 20.3 Å². The maximum absolute atomic E-state index is 9.39. The summed E-state index contributed by atoms with van der Waals surface area (Å²) in [5.41, 5.74) is 1.25. The molecule has 0 bridgehead atoms. The van der Waals surface area contributed by atoms with Crippen LogP contribution in [0.2, 0.25) is 0 Å². The van der Waals surface area contributed by atoms with Crippen LogP contribution in [-0.4, -0.2) is 36.0 Å². The molecule has 1 unspecified atom stereocenters. The van der Waals surface area contributed by atoms with E-state index in [0.29, 0.717) is 6.61 Å². The van der Waals surface area contributed by atoms with Gasteiger partial charge in [0.05, 0.1) is 12.7 Å². The molecule has 0 radical (unpaired) electrons. The number of hydrogen-bond acceptors (Lipinski definition) is 3. The van der Waals surface area contributed by atoms with Crippen molar-refractivity contribution >= 4 is 0 Å². The molecule has 1 heterocycles. The van der Waals surface area contributed by atoms with E-state index in [1.165, 1.54) is 5.69 Å². The van der Waals surface area contributed by atoms with Crippen LogP contribution in [0.4, 0.5) is 0 Å². The lowest BCUT2D eigenvalue weighted by Crippen LogP contribution is -2.23. The molecule has 1 aromatic rings. The standard InChI is InChI=1S/C11H20N2O2/c1-13-7-3-4-10(13)8-12-6-5-11(14)9-15-2/h3-4,7,11-12,14H,5-6,8-9H2,1-2H3. The zero-order valence-corrected chi connectivity index (χ0v) is 9.44. The Morgan fingerprint density at radius 3 is 3.00 bits per heavy atom. The molecular weight excluding hydrogens is 192 g/mol. The molecule has 0 aliphatic heterocycles. The molecule has 0 spiro atoms. The van der Waals surface area contributed by atoms with E-state index in [4.69, 9.17) is 4.74 Å². The molecule has 0 aliphatic carbocycles. The highest BCUT2D eigenvalue weighted by Gasteiger charge is 2.02. The van der Waals surface area contributed by atoms with E-state index in [1.807, 2.05) is 19.3 Å². The fourth-order valence-corrected chi connectivity index (χ4v) is 1.44. The predicted octanol–water partition coefficient (Wildman–Crippen LogP) is 0.512. The Morgan fingerprint density at radius 1 is 1.60 bits per heavy atom. The molecular formula is C11H20N2O2. The summed E-state index contributed by atoms with van der Waals surface area (Å²) in [6.45, 7) is 2.05. The molecule has 0 aromatic carbocycles. The molecule has 4 heteroatoms. The van der Waals surface area contributed by atoms with E-state index in [-0.39, 0.29) is 6.10 Å². The third-order valence-corrected chi connectivity index (χ3v) is 2.37. The van der Waals surface area contributed by atoms with Gasteiger partial charge >= 0.3 is 0 Å². The monoisotopic (exact) mass is 212 g/mol. The number of rotatable bonds is 7. The number of aliphatic hydroxyl groups excluding tert-OH is 1. The topological polar surface area (TPSA) is 46.4 Å². The van der Waals surface area contributed by atoms with E-state index in [1.54, 1.807) is 7.11 Å². The van der Waals surface area contributed by atoms with Gasteiger partial charge in [-0.3, -0.25) is 0 Å². The van der Waals surface area contributed by atoms with E-state index in [0.717, 1.165) is 19.5 Å². The van der Waals surface area contributed by atoms with Crippen LogP contribution < -0.4 is 5.32 Å². The molecule has 0 fully saturated rings. The van der Waals surface area contributed by atoms with Gasteiger partial charge in [0.25, 0.3) is 0 Å². The van der Waals surface area contributed by atoms with Gasteiger partial charge in [0.15, 0.2) is 0 Å². The van der Waals surface area contributed by atoms with Gasteiger partial charge in [-0.2, -0.15) is 0 Å². The number of nitrogens with zero attached hydrogens (tertiary/aromatic N) is 1. The van der Waals surface area contributed by atoms with Crippen LogP contribution >= 0.6 is 0 Å². The molecule has 0 aliphatic rings. The number of aryl methyl sites for hydroxylation is 1. The quantitative estimate of drug-likeness (QED) is 0.647. The summed E-state index contributed by atoms with van der Waals surface area (Å²) >= 11 is 0. The van der Waals surface area contributed by atoms with E-state index in [9.17, 15) is 5.11 Å². The van der Waals surface area contributed by atoms with Crippen LogP contribution in [-0.2, 0) is 18.3 Å². The molecule has 0 amide bonds. The Bertz CT molecular complexity index is 273. The first-order chi connectivity index (χ1) is 7.24. The second kappa shape index (κ2) is 6.61. The molecule has 1 atom stereocenters. The maximum atomic E-state index is 9.39. The largest absolute Gasteiger partial charge is 0.391 e. The predicted molar refractivity (Wildman–Crippen MR) is 59.6 cm³/mol. The van der Waals surface area contributed by atoms with Crippen LogP contribution in [0, 0.1) is 0 Å². The summed E-state index contributed by atoms with van der Waals surface area (Å²) in [6, 6.07) is 4.11. The third kappa shape index (κ3) is 4.46. The fourth-order valence-electron chi connectivity index (χ4n) is 1.44. The Kier molecular flexibility index (Phi) is 5.39. The van der Waals surface area contributed by atoms with Gasteiger partial charge in [-0.15, -0.1) is 0 Å². The summed E-state index contributed by atoms with van der Waals surface area (Å²) in [7, 11) is 3.62.